The smallest absolute Gasteiger partial charge is 0.191 e. The second kappa shape index (κ2) is 10.0. The summed E-state index contributed by atoms with van der Waals surface area (Å²) in [5.41, 5.74) is 0.980. The zero-order valence-electron chi connectivity index (χ0n) is 18.6. The molecule has 0 saturated carbocycles. The third kappa shape index (κ3) is 5.33. The number of carbonyl (C=O) groups is 1. The van der Waals surface area contributed by atoms with Gasteiger partial charge in [0.05, 0.1) is 12.7 Å². The van der Waals surface area contributed by atoms with Gasteiger partial charge in [-0.2, -0.15) is 4.80 Å². The molecule has 174 valence electrons. The number of aromatic nitrogens is 4. The predicted octanol–water partition coefficient (Wildman–Crippen LogP) is 2.77. The van der Waals surface area contributed by atoms with Gasteiger partial charge in [-0.3, -0.25) is 9.69 Å². The summed E-state index contributed by atoms with van der Waals surface area (Å²) < 4.78 is 32.3. The zero-order chi connectivity index (χ0) is 23.4. The van der Waals surface area contributed by atoms with Crippen molar-refractivity contribution in [1.29, 1.82) is 0 Å². The lowest BCUT2D eigenvalue weighted by Crippen LogP contribution is -2.47. The molecule has 0 radical (unpaired) electrons. The van der Waals surface area contributed by atoms with E-state index in [-0.39, 0.29) is 5.56 Å². The minimum Gasteiger partial charge on any atom is -0.497 e. The van der Waals surface area contributed by atoms with Gasteiger partial charge in [0.2, 0.25) is 0 Å². The number of benzene rings is 2. The van der Waals surface area contributed by atoms with E-state index in [4.69, 9.17) is 4.74 Å². The fourth-order valence-electron chi connectivity index (χ4n) is 3.82. The SMILES string of the molecule is COc1ccc(N2CCN(CCc3nnn(C(C)C(=O)c4ccc(F)cc4F)n3)CC2)cc1. The molecule has 33 heavy (non-hydrogen) atoms. The van der Waals surface area contributed by atoms with Crippen LogP contribution in [0.4, 0.5) is 14.5 Å². The summed E-state index contributed by atoms with van der Waals surface area (Å²) in [5.74, 6) is -0.807. The third-order valence-corrected chi connectivity index (χ3v) is 5.85. The number of hydrogen-bond donors (Lipinski definition) is 0. The van der Waals surface area contributed by atoms with Gasteiger partial charge in [-0.05, 0) is 48.5 Å². The Labute approximate surface area is 190 Å². The molecule has 1 fully saturated rings. The van der Waals surface area contributed by atoms with E-state index in [1.807, 2.05) is 12.1 Å². The molecule has 1 aromatic heterocycles. The van der Waals surface area contributed by atoms with Crippen LogP contribution >= 0.6 is 0 Å². The van der Waals surface area contributed by atoms with E-state index >= 15 is 0 Å². The highest BCUT2D eigenvalue weighted by atomic mass is 19.1. The molecule has 1 aliphatic heterocycles. The largest absolute Gasteiger partial charge is 0.497 e. The van der Waals surface area contributed by atoms with Gasteiger partial charge in [-0.15, -0.1) is 10.2 Å². The Hall–Kier alpha value is -3.40. The molecule has 3 aromatic rings. The van der Waals surface area contributed by atoms with E-state index in [0.717, 1.165) is 50.6 Å². The van der Waals surface area contributed by atoms with Gasteiger partial charge in [-0.1, -0.05) is 0 Å². The average molecular weight is 456 g/mol. The van der Waals surface area contributed by atoms with Crippen molar-refractivity contribution in [2.45, 2.75) is 19.4 Å². The van der Waals surface area contributed by atoms with Gasteiger partial charge in [0.25, 0.3) is 0 Å². The first kappa shape index (κ1) is 22.8. The maximum Gasteiger partial charge on any atom is 0.191 e. The van der Waals surface area contributed by atoms with E-state index in [0.29, 0.717) is 18.3 Å². The Bertz CT molecular complexity index is 1100. The molecular formula is C23H26F2N6O2. The number of halogens is 2. The molecule has 8 nitrogen and oxygen atoms in total. The van der Waals surface area contributed by atoms with Crippen molar-refractivity contribution in [3.8, 4) is 5.75 Å². The van der Waals surface area contributed by atoms with Crippen LogP contribution in [0.5, 0.6) is 5.75 Å². The van der Waals surface area contributed by atoms with Gasteiger partial charge in [0.15, 0.2) is 11.6 Å². The number of anilines is 1. The minimum absolute atomic E-state index is 0.197. The van der Waals surface area contributed by atoms with E-state index < -0.39 is 23.5 Å². The number of methoxy groups -OCH3 is 1. The van der Waals surface area contributed by atoms with Crippen molar-refractivity contribution in [3.63, 3.8) is 0 Å². The Morgan fingerprint density at radius 1 is 1.09 bits per heavy atom. The lowest BCUT2D eigenvalue weighted by molar-refractivity contribution is 0.0913. The number of piperazine rings is 1. The molecule has 10 heteroatoms. The van der Waals surface area contributed by atoms with Gasteiger partial charge < -0.3 is 9.64 Å². The molecule has 1 saturated heterocycles. The van der Waals surface area contributed by atoms with Gasteiger partial charge in [-0.25, -0.2) is 8.78 Å². The molecule has 4 rings (SSSR count). The van der Waals surface area contributed by atoms with Crippen molar-refractivity contribution in [2.75, 3.05) is 44.7 Å². The quantitative estimate of drug-likeness (QED) is 0.483. The van der Waals surface area contributed by atoms with Gasteiger partial charge in [0.1, 0.15) is 23.4 Å². The Balaban J connectivity index is 1.28. The molecule has 1 atom stereocenters. The topological polar surface area (TPSA) is 76.4 Å². The normalized spacial score (nSPS) is 15.5. The highest BCUT2D eigenvalue weighted by Gasteiger charge is 2.23. The molecule has 0 N–H and O–H groups in total. The Morgan fingerprint density at radius 2 is 1.82 bits per heavy atom. The molecule has 0 aliphatic carbocycles. The number of ketones is 1. The standard InChI is InChI=1S/C23H26F2N6O2/c1-16(23(32)20-8-3-17(24)15-21(20)25)31-27-22(26-28-31)9-10-29-11-13-30(14-12-29)18-4-6-19(33-2)7-5-18/h3-8,15-16H,9-14H2,1-2H3. The number of carbonyl (C=O) groups excluding carboxylic acids is 1. The maximum absolute atomic E-state index is 13.9. The molecule has 0 spiro atoms. The van der Waals surface area contributed by atoms with Crippen LogP contribution < -0.4 is 9.64 Å². The van der Waals surface area contributed by atoms with Crippen molar-refractivity contribution in [2.24, 2.45) is 0 Å². The number of Topliss-reactive ketones (excluding diaryl/α,β-unsaturated/α-hetero) is 1. The lowest BCUT2D eigenvalue weighted by atomic mass is 10.1. The number of tetrazole rings is 1. The summed E-state index contributed by atoms with van der Waals surface area (Å²) in [7, 11) is 1.66. The molecule has 1 unspecified atom stereocenters. The first-order valence-electron chi connectivity index (χ1n) is 10.8. The molecule has 2 aromatic carbocycles. The van der Waals surface area contributed by atoms with E-state index in [9.17, 15) is 13.6 Å². The maximum atomic E-state index is 13.9. The summed E-state index contributed by atoms with van der Waals surface area (Å²) in [6.07, 6.45) is 0.592. The van der Waals surface area contributed by atoms with Crippen molar-refractivity contribution >= 4 is 11.5 Å². The highest BCUT2D eigenvalue weighted by molar-refractivity contribution is 5.98. The molecule has 0 bridgehead atoms. The summed E-state index contributed by atoms with van der Waals surface area (Å²) in [4.78, 5) is 18.4. The van der Waals surface area contributed by atoms with Crippen molar-refractivity contribution in [3.05, 3.63) is 65.5 Å². The predicted molar refractivity (Wildman–Crippen MR) is 119 cm³/mol. The highest BCUT2D eigenvalue weighted by Crippen LogP contribution is 2.21. The number of nitrogens with zero attached hydrogens (tertiary/aromatic N) is 6. The van der Waals surface area contributed by atoms with Crippen LogP contribution in [0, 0.1) is 11.6 Å². The molecule has 0 amide bonds. The van der Waals surface area contributed by atoms with Crippen molar-refractivity contribution in [1.82, 2.24) is 25.1 Å². The van der Waals surface area contributed by atoms with Crippen LogP contribution in [-0.2, 0) is 6.42 Å². The van der Waals surface area contributed by atoms with Crippen molar-refractivity contribution < 1.29 is 18.3 Å². The Kier molecular flexibility index (Phi) is 6.93. The number of ether oxygens (including phenoxy) is 1. The minimum atomic E-state index is -0.902. The molecular weight excluding hydrogens is 430 g/mol. The number of hydrogen-bond acceptors (Lipinski definition) is 7. The average Bonchev–Trinajstić information content (AvgIpc) is 3.31. The Morgan fingerprint density at radius 3 is 2.48 bits per heavy atom. The molecule has 2 heterocycles. The summed E-state index contributed by atoms with van der Waals surface area (Å²) in [5, 5.41) is 12.3. The van der Waals surface area contributed by atoms with Crippen LogP contribution in [0.15, 0.2) is 42.5 Å². The first-order chi connectivity index (χ1) is 15.9. The second-order valence-electron chi connectivity index (χ2n) is 7.97. The van der Waals surface area contributed by atoms with Crippen LogP contribution in [0.25, 0.3) is 0 Å². The number of rotatable bonds is 8. The third-order valence-electron chi connectivity index (χ3n) is 5.85. The fraction of sp³-hybridized carbons (Fsp3) is 0.391. The van der Waals surface area contributed by atoms with Gasteiger partial charge >= 0.3 is 0 Å². The van der Waals surface area contributed by atoms with Crippen LogP contribution in [-0.4, -0.2) is 70.7 Å². The van der Waals surface area contributed by atoms with E-state index in [2.05, 4.69) is 37.3 Å². The van der Waals surface area contributed by atoms with E-state index in [1.165, 1.54) is 10.5 Å². The summed E-state index contributed by atoms with van der Waals surface area (Å²) >= 11 is 0. The van der Waals surface area contributed by atoms with Crippen LogP contribution in [0.2, 0.25) is 0 Å². The fourth-order valence-corrected chi connectivity index (χ4v) is 3.82. The summed E-state index contributed by atoms with van der Waals surface area (Å²) in [6, 6.07) is 10.1. The summed E-state index contributed by atoms with van der Waals surface area (Å²) in [6.45, 7) is 6.01. The van der Waals surface area contributed by atoms with Gasteiger partial charge in [0, 0.05) is 50.9 Å². The molecule has 1 aliphatic rings. The zero-order valence-corrected chi connectivity index (χ0v) is 18.6. The monoisotopic (exact) mass is 456 g/mol. The lowest BCUT2D eigenvalue weighted by Gasteiger charge is -2.36. The van der Waals surface area contributed by atoms with Crippen LogP contribution in [0.1, 0.15) is 29.1 Å². The second-order valence-corrected chi connectivity index (χ2v) is 7.97. The van der Waals surface area contributed by atoms with E-state index in [1.54, 1.807) is 14.0 Å². The first-order valence-corrected chi connectivity index (χ1v) is 10.8. The van der Waals surface area contributed by atoms with Crippen LogP contribution in [0.3, 0.4) is 0 Å².